The molecule has 0 radical (unpaired) electrons. The molecule has 0 aliphatic carbocycles. The van der Waals surface area contributed by atoms with E-state index < -0.39 is 21.7 Å². The van der Waals surface area contributed by atoms with E-state index in [1.165, 1.54) is 22.5 Å². The molecule has 2 heterocycles. The van der Waals surface area contributed by atoms with Gasteiger partial charge in [-0.15, -0.1) is 0 Å². The fourth-order valence-electron chi connectivity index (χ4n) is 4.43. The van der Waals surface area contributed by atoms with E-state index in [1.807, 2.05) is 0 Å². The Kier molecular flexibility index (Phi) is 6.81. The summed E-state index contributed by atoms with van der Waals surface area (Å²) in [6, 6.07) is 9.08. The molecule has 32 heavy (non-hydrogen) atoms. The lowest BCUT2D eigenvalue weighted by atomic mass is 10.1. The molecule has 1 amide bonds. The number of nitrogens with zero attached hydrogens (tertiary/aromatic N) is 2. The van der Waals surface area contributed by atoms with Crippen LogP contribution in [0.1, 0.15) is 54.4 Å². The van der Waals surface area contributed by atoms with Gasteiger partial charge in [-0.1, -0.05) is 12.5 Å². The normalized spacial score (nSPS) is 17.9. The van der Waals surface area contributed by atoms with Crippen molar-refractivity contribution in [3.05, 3.63) is 53.3 Å². The summed E-state index contributed by atoms with van der Waals surface area (Å²) in [4.78, 5) is 15.3. The van der Waals surface area contributed by atoms with Crippen LogP contribution < -0.4 is 10.2 Å². The zero-order valence-electron chi connectivity index (χ0n) is 18.4. The Morgan fingerprint density at radius 1 is 0.906 bits per heavy atom. The largest absolute Gasteiger partial charge is 0.370 e. The van der Waals surface area contributed by atoms with Gasteiger partial charge in [0, 0.05) is 37.4 Å². The van der Waals surface area contributed by atoms with Gasteiger partial charge in [0.1, 0.15) is 10.7 Å². The van der Waals surface area contributed by atoms with Crippen molar-refractivity contribution in [3.8, 4) is 0 Å². The number of piperidine rings is 2. The number of carbonyl (C=O) groups is 1. The summed E-state index contributed by atoms with van der Waals surface area (Å²) in [7, 11) is -3.73. The Labute approximate surface area is 189 Å². The van der Waals surface area contributed by atoms with Crippen LogP contribution in [-0.2, 0) is 10.0 Å². The maximum Gasteiger partial charge on any atom is 0.255 e. The first-order chi connectivity index (χ1) is 15.4. The van der Waals surface area contributed by atoms with Gasteiger partial charge in [-0.3, -0.25) is 4.79 Å². The number of sulfonamides is 1. The first-order valence-corrected chi connectivity index (χ1v) is 12.8. The SMILES string of the molecule is Cc1ccc(F)cc1NC(=O)c1ccc(N2CCCCC2)c(S(=O)(=O)N2CCCCC2)c1. The fourth-order valence-corrected chi connectivity index (χ4v) is 6.18. The van der Waals surface area contributed by atoms with Gasteiger partial charge in [-0.2, -0.15) is 4.31 Å². The molecule has 0 aromatic heterocycles. The van der Waals surface area contributed by atoms with Crippen LogP contribution in [0, 0.1) is 12.7 Å². The number of carbonyl (C=O) groups excluding carboxylic acids is 1. The Bertz CT molecular complexity index is 1090. The lowest BCUT2D eigenvalue weighted by Crippen LogP contribution is -2.37. The first kappa shape index (κ1) is 22.7. The molecule has 2 fully saturated rings. The van der Waals surface area contributed by atoms with E-state index in [9.17, 15) is 17.6 Å². The van der Waals surface area contributed by atoms with Crippen molar-refractivity contribution in [2.24, 2.45) is 0 Å². The Balaban J connectivity index is 1.71. The number of hydrogen-bond donors (Lipinski definition) is 1. The van der Waals surface area contributed by atoms with Crippen molar-refractivity contribution in [1.82, 2.24) is 4.31 Å². The van der Waals surface area contributed by atoms with E-state index in [4.69, 9.17) is 0 Å². The number of benzene rings is 2. The Morgan fingerprint density at radius 2 is 1.56 bits per heavy atom. The molecule has 1 N–H and O–H groups in total. The minimum Gasteiger partial charge on any atom is -0.370 e. The molecule has 6 nitrogen and oxygen atoms in total. The lowest BCUT2D eigenvalue weighted by molar-refractivity contribution is 0.102. The van der Waals surface area contributed by atoms with Gasteiger partial charge < -0.3 is 10.2 Å². The van der Waals surface area contributed by atoms with Crippen LogP contribution in [0.15, 0.2) is 41.3 Å². The third-order valence-electron chi connectivity index (χ3n) is 6.30. The minimum atomic E-state index is -3.73. The summed E-state index contributed by atoms with van der Waals surface area (Å²) in [5.41, 5.74) is 2.00. The van der Waals surface area contributed by atoms with E-state index in [2.05, 4.69) is 10.2 Å². The van der Waals surface area contributed by atoms with Crippen molar-refractivity contribution in [1.29, 1.82) is 0 Å². The van der Waals surface area contributed by atoms with Crippen LogP contribution in [0.4, 0.5) is 15.8 Å². The smallest absolute Gasteiger partial charge is 0.255 e. The molecule has 0 atom stereocenters. The van der Waals surface area contributed by atoms with Crippen LogP contribution in [0.3, 0.4) is 0 Å². The molecular weight excluding hydrogens is 429 g/mol. The highest BCUT2D eigenvalue weighted by molar-refractivity contribution is 7.89. The Morgan fingerprint density at radius 3 is 2.25 bits per heavy atom. The molecule has 4 rings (SSSR count). The highest BCUT2D eigenvalue weighted by Gasteiger charge is 2.31. The van der Waals surface area contributed by atoms with Crippen LogP contribution in [0.5, 0.6) is 0 Å². The predicted molar refractivity (Wildman–Crippen MR) is 124 cm³/mol. The van der Waals surface area contributed by atoms with Gasteiger partial charge in [-0.25, -0.2) is 12.8 Å². The summed E-state index contributed by atoms with van der Waals surface area (Å²) < 4.78 is 42.4. The summed E-state index contributed by atoms with van der Waals surface area (Å²) in [5.74, 6) is -0.904. The van der Waals surface area contributed by atoms with Gasteiger partial charge in [0.15, 0.2) is 0 Å². The number of hydrogen-bond acceptors (Lipinski definition) is 4. The molecule has 2 aliphatic heterocycles. The molecule has 0 spiro atoms. The van der Waals surface area contributed by atoms with E-state index in [0.29, 0.717) is 24.5 Å². The van der Waals surface area contributed by atoms with Crippen molar-refractivity contribution in [3.63, 3.8) is 0 Å². The number of halogens is 1. The van der Waals surface area contributed by atoms with E-state index in [0.717, 1.165) is 57.2 Å². The predicted octanol–water partition coefficient (Wildman–Crippen LogP) is 4.55. The Hall–Kier alpha value is -2.45. The second kappa shape index (κ2) is 9.58. The van der Waals surface area contributed by atoms with Gasteiger partial charge >= 0.3 is 0 Å². The monoisotopic (exact) mass is 459 g/mol. The fraction of sp³-hybridized carbons (Fsp3) is 0.458. The average molecular weight is 460 g/mol. The van der Waals surface area contributed by atoms with Crippen LogP contribution in [0.25, 0.3) is 0 Å². The van der Waals surface area contributed by atoms with Crippen molar-refractivity contribution < 1.29 is 17.6 Å². The van der Waals surface area contributed by atoms with E-state index in [-0.39, 0.29) is 10.5 Å². The van der Waals surface area contributed by atoms with Crippen molar-refractivity contribution in [2.45, 2.75) is 50.3 Å². The summed E-state index contributed by atoms with van der Waals surface area (Å²) in [6.07, 6.45) is 5.89. The minimum absolute atomic E-state index is 0.185. The van der Waals surface area contributed by atoms with Crippen LogP contribution in [-0.4, -0.2) is 44.8 Å². The molecule has 0 unspecified atom stereocenters. The van der Waals surface area contributed by atoms with Gasteiger partial charge in [-0.05, 0) is 74.9 Å². The second-order valence-electron chi connectivity index (χ2n) is 8.61. The summed E-state index contributed by atoms with van der Waals surface area (Å²) in [5, 5.41) is 2.72. The molecule has 172 valence electrons. The number of nitrogens with one attached hydrogen (secondary N) is 1. The molecule has 2 saturated heterocycles. The highest BCUT2D eigenvalue weighted by Crippen LogP contribution is 2.32. The maximum absolute atomic E-state index is 13.6. The number of anilines is 2. The molecule has 8 heteroatoms. The second-order valence-corrected chi connectivity index (χ2v) is 10.5. The van der Waals surface area contributed by atoms with Crippen molar-refractivity contribution >= 4 is 27.3 Å². The molecule has 2 aliphatic rings. The quantitative estimate of drug-likeness (QED) is 0.712. The van der Waals surface area contributed by atoms with E-state index >= 15 is 0 Å². The number of aryl methyl sites for hydroxylation is 1. The lowest BCUT2D eigenvalue weighted by Gasteiger charge is -2.33. The zero-order chi connectivity index (χ0) is 22.7. The van der Waals surface area contributed by atoms with Crippen LogP contribution >= 0.6 is 0 Å². The third kappa shape index (κ3) is 4.81. The molecule has 2 aromatic carbocycles. The number of amides is 1. The van der Waals surface area contributed by atoms with Crippen molar-refractivity contribution in [2.75, 3.05) is 36.4 Å². The van der Waals surface area contributed by atoms with E-state index in [1.54, 1.807) is 25.1 Å². The molecule has 2 aromatic rings. The van der Waals surface area contributed by atoms with Gasteiger partial charge in [0.2, 0.25) is 10.0 Å². The number of rotatable bonds is 5. The molecule has 0 saturated carbocycles. The third-order valence-corrected chi connectivity index (χ3v) is 8.23. The van der Waals surface area contributed by atoms with Gasteiger partial charge in [0.25, 0.3) is 5.91 Å². The summed E-state index contributed by atoms with van der Waals surface area (Å²) in [6.45, 7) is 4.38. The zero-order valence-corrected chi connectivity index (χ0v) is 19.3. The molecule has 0 bridgehead atoms. The summed E-state index contributed by atoms with van der Waals surface area (Å²) >= 11 is 0. The standard InChI is InChI=1S/C24H30FN3O3S/c1-18-8-10-20(25)17-21(18)26-24(29)19-9-11-22(27-12-4-2-5-13-27)23(16-19)32(30,31)28-14-6-3-7-15-28/h8-11,16-17H,2-7,12-15H2,1H3,(H,26,29). The highest BCUT2D eigenvalue weighted by atomic mass is 32.2. The molecular formula is C24H30FN3O3S. The topological polar surface area (TPSA) is 69.7 Å². The van der Waals surface area contributed by atoms with Gasteiger partial charge in [0.05, 0.1) is 5.69 Å². The first-order valence-electron chi connectivity index (χ1n) is 11.3. The maximum atomic E-state index is 13.6. The average Bonchev–Trinajstić information content (AvgIpc) is 2.82. The van der Waals surface area contributed by atoms with Crippen LogP contribution in [0.2, 0.25) is 0 Å².